The Morgan fingerprint density at radius 3 is 2.62 bits per heavy atom. The van der Waals surface area contributed by atoms with Gasteiger partial charge in [-0.15, -0.1) is 0 Å². The zero-order chi connectivity index (χ0) is 6.41. The van der Waals surface area contributed by atoms with Crippen molar-refractivity contribution in [1.82, 2.24) is 5.32 Å². The van der Waals surface area contributed by atoms with Crippen LogP contribution < -0.4 is 5.32 Å². The molecule has 0 amide bonds. The molecule has 1 heteroatoms. The van der Waals surface area contributed by atoms with Gasteiger partial charge in [-0.25, -0.2) is 0 Å². The van der Waals surface area contributed by atoms with Crippen LogP contribution in [0.4, 0.5) is 0 Å². The summed E-state index contributed by atoms with van der Waals surface area (Å²) in [5.41, 5.74) is 1.33. The summed E-state index contributed by atoms with van der Waals surface area (Å²) in [7, 11) is 0. The van der Waals surface area contributed by atoms with Crippen LogP contribution in [-0.4, -0.2) is 6.54 Å². The van der Waals surface area contributed by atoms with E-state index in [-0.39, 0.29) is 0 Å². The molecule has 8 heavy (non-hydrogen) atoms. The van der Waals surface area contributed by atoms with Crippen LogP contribution in [0.5, 0.6) is 0 Å². The molecule has 0 heterocycles. The maximum atomic E-state index is 3.52. The van der Waals surface area contributed by atoms with E-state index in [1.807, 2.05) is 0 Å². The summed E-state index contributed by atoms with van der Waals surface area (Å²) < 4.78 is 0. The molecule has 0 aliphatic rings. The number of nitrogens with one attached hydrogen (secondary N) is 1. The lowest BCUT2D eigenvalue weighted by Gasteiger charge is -1.91. The monoisotopic (exact) mass is 111 g/mol. The smallest absolute Gasteiger partial charge is 0.0327 e. The molecule has 0 fully saturated rings. The van der Waals surface area contributed by atoms with Gasteiger partial charge in [-0.1, -0.05) is 18.2 Å². The summed E-state index contributed by atoms with van der Waals surface area (Å²) in [5, 5.41) is 2.97. The van der Waals surface area contributed by atoms with Crippen molar-refractivity contribution in [3.8, 4) is 0 Å². The van der Waals surface area contributed by atoms with Crippen molar-refractivity contribution in [1.29, 1.82) is 0 Å². The quantitative estimate of drug-likeness (QED) is 0.431. The Labute approximate surface area is 51.1 Å². The summed E-state index contributed by atoms with van der Waals surface area (Å²) in [6.45, 7) is 8.56. The Kier molecular flexibility index (Phi) is 4.04. The van der Waals surface area contributed by atoms with E-state index in [0.29, 0.717) is 0 Å². The summed E-state index contributed by atoms with van der Waals surface area (Å²) >= 11 is 0. The molecule has 1 nitrogen and oxygen atoms in total. The molecular formula is C7H13N. The van der Waals surface area contributed by atoms with E-state index < -0.39 is 0 Å². The van der Waals surface area contributed by atoms with E-state index in [4.69, 9.17) is 0 Å². The third kappa shape index (κ3) is 5.28. The Morgan fingerprint density at radius 2 is 2.25 bits per heavy atom. The molecule has 0 aliphatic carbocycles. The standard InChI is InChI=1S/C7H13N/c1-4-8-6-5-7(2)3/h4-5,8H,1,6H2,2-3H3. The maximum Gasteiger partial charge on any atom is 0.0327 e. The van der Waals surface area contributed by atoms with Gasteiger partial charge in [0.1, 0.15) is 0 Å². The number of allylic oxidation sites excluding steroid dienone is 1. The van der Waals surface area contributed by atoms with Crippen molar-refractivity contribution >= 4 is 0 Å². The van der Waals surface area contributed by atoms with Gasteiger partial charge in [-0.3, -0.25) is 0 Å². The summed E-state index contributed by atoms with van der Waals surface area (Å²) in [4.78, 5) is 0. The number of rotatable bonds is 3. The predicted octanol–water partition coefficient (Wildman–Crippen LogP) is 1.69. The van der Waals surface area contributed by atoms with Crippen LogP contribution in [0.15, 0.2) is 24.4 Å². The molecule has 0 bridgehead atoms. The lowest BCUT2D eigenvalue weighted by molar-refractivity contribution is 0.979. The van der Waals surface area contributed by atoms with Gasteiger partial charge in [0.05, 0.1) is 0 Å². The Balaban J connectivity index is 3.15. The van der Waals surface area contributed by atoms with E-state index >= 15 is 0 Å². The van der Waals surface area contributed by atoms with Crippen molar-refractivity contribution in [2.24, 2.45) is 0 Å². The highest BCUT2D eigenvalue weighted by molar-refractivity contribution is 4.94. The second-order valence-electron chi connectivity index (χ2n) is 1.89. The topological polar surface area (TPSA) is 12.0 Å². The van der Waals surface area contributed by atoms with E-state index in [9.17, 15) is 0 Å². The minimum absolute atomic E-state index is 0.895. The highest BCUT2D eigenvalue weighted by Crippen LogP contribution is 1.84. The first-order valence-corrected chi connectivity index (χ1v) is 2.75. The zero-order valence-electron chi connectivity index (χ0n) is 5.57. The van der Waals surface area contributed by atoms with Crippen LogP contribution in [0.25, 0.3) is 0 Å². The van der Waals surface area contributed by atoms with Crippen molar-refractivity contribution in [3.05, 3.63) is 24.4 Å². The zero-order valence-corrected chi connectivity index (χ0v) is 5.57. The van der Waals surface area contributed by atoms with Crippen LogP contribution >= 0.6 is 0 Å². The summed E-state index contributed by atoms with van der Waals surface area (Å²) in [6, 6.07) is 0. The minimum atomic E-state index is 0.895. The normalized spacial score (nSPS) is 7.75. The third-order valence-electron chi connectivity index (χ3n) is 0.772. The Morgan fingerprint density at radius 1 is 1.62 bits per heavy atom. The Hall–Kier alpha value is -0.720. The van der Waals surface area contributed by atoms with E-state index in [0.717, 1.165) is 6.54 Å². The lowest BCUT2D eigenvalue weighted by atomic mass is 10.3. The average molecular weight is 111 g/mol. The highest BCUT2D eigenvalue weighted by atomic mass is 14.8. The first-order valence-electron chi connectivity index (χ1n) is 2.75. The largest absolute Gasteiger partial charge is 0.388 e. The molecule has 0 saturated carbocycles. The molecule has 0 aromatic carbocycles. The first kappa shape index (κ1) is 7.28. The SMILES string of the molecule is C=CNCC=C(C)C. The van der Waals surface area contributed by atoms with E-state index in [1.165, 1.54) is 5.57 Å². The summed E-state index contributed by atoms with van der Waals surface area (Å²) in [6.07, 6.45) is 3.81. The second-order valence-corrected chi connectivity index (χ2v) is 1.89. The van der Waals surface area contributed by atoms with Crippen LogP contribution in [0.1, 0.15) is 13.8 Å². The van der Waals surface area contributed by atoms with Gasteiger partial charge in [-0.2, -0.15) is 0 Å². The van der Waals surface area contributed by atoms with Gasteiger partial charge in [0.25, 0.3) is 0 Å². The van der Waals surface area contributed by atoms with Crippen LogP contribution in [0.2, 0.25) is 0 Å². The number of hydrogen-bond acceptors (Lipinski definition) is 1. The molecular weight excluding hydrogens is 98.1 g/mol. The molecule has 0 atom stereocenters. The van der Waals surface area contributed by atoms with Crippen molar-refractivity contribution in [3.63, 3.8) is 0 Å². The number of hydrogen-bond donors (Lipinski definition) is 1. The Bertz CT molecular complexity index is 88.6. The van der Waals surface area contributed by atoms with Gasteiger partial charge in [0, 0.05) is 6.54 Å². The first-order chi connectivity index (χ1) is 3.77. The molecule has 0 rings (SSSR count). The molecule has 0 spiro atoms. The van der Waals surface area contributed by atoms with Gasteiger partial charge in [0.15, 0.2) is 0 Å². The second kappa shape index (κ2) is 4.44. The molecule has 0 radical (unpaired) electrons. The fourth-order valence-corrected chi connectivity index (χ4v) is 0.346. The molecule has 0 saturated heterocycles. The lowest BCUT2D eigenvalue weighted by Crippen LogP contribution is -2.02. The van der Waals surface area contributed by atoms with Crippen LogP contribution in [-0.2, 0) is 0 Å². The average Bonchev–Trinajstić information content (AvgIpc) is 1.66. The van der Waals surface area contributed by atoms with Gasteiger partial charge >= 0.3 is 0 Å². The summed E-state index contributed by atoms with van der Waals surface area (Å²) in [5.74, 6) is 0. The van der Waals surface area contributed by atoms with Gasteiger partial charge < -0.3 is 5.32 Å². The van der Waals surface area contributed by atoms with Crippen molar-refractivity contribution < 1.29 is 0 Å². The molecule has 0 aliphatic heterocycles. The molecule has 0 aromatic rings. The maximum absolute atomic E-state index is 3.52. The highest BCUT2D eigenvalue weighted by Gasteiger charge is 1.72. The van der Waals surface area contributed by atoms with Crippen LogP contribution in [0, 0.1) is 0 Å². The van der Waals surface area contributed by atoms with E-state index in [2.05, 4.69) is 31.8 Å². The van der Waals surface area contributed by atoms with E-state index in [1.54, 1.807) is 6.20 Å². The van der Waals surface area contributed by atoms with Crippen molar-refractivity contribution in [2.45, 2.75) is 13.8 Å². The predicted molar refractivity (Wildman–Crippen MR) is 37.6 cm³/mol. The van der Waals surface area contributed by atoms with Gasteiger partial charge in [0.2, 0.25) is 0 Å². The minimum Gasteiger partial charge on any atom is -0.388 e. The molecule has 1 N–H and O–H groups in total. The third-order valence-corrected chi connectivity index (χ3v) is 0.772. The fourth-order valence-electron chi connectivity index (χ4n) is 0.346. The molecule has 0 unspecified atom stereocenters. The van der Waals surface area contributed by atoms with Gasteiger partial charge in [-0.05, 0) is 20.0 Å². The fraction of sp³-hybridized carbons (Fsp3) is 0.429. The molecule has 46 valence electrons. The van der Waals surface area contributed by atoms with Crippen LogP contribution in [0.3, 0.4) is 0 Å². The van der Waals surface area contributed by atoms with Crippen molar-refractivity contribution in [2.75, 3.05) is 6.54 Å². The molecule has 0 aromatic heterocycles.